The van der Waals surface area contributed by atoms with Crippen LogP contribution in [0.4, 0.5) is 17.1 Å². The standard InChI is InChI=1S/C17H21ClN4O2S/c1-13-12-21(10-9-20-13)17-8-7-15(11-16(17)19)25(23,24)22(18)14-5-3-2-4-6-14/h2-8,11,13,20H,9-10,12,19H2,1H3. The number of nitrogen functional groups attached to an aromatic ring is 1. The van der Waals surface area contributed by atoms with Gasteiger partial charge in [0.25, 0.3) is 10.0 Å². The number of sulfonamides is 1. The van der Waals surface area contributed by atoms with Crippen molar-refractivity contribution >= 4 is 38.9 Å². The lowest BCUT2D eigenvalue weighted by atomic mass is 10.2. The first-order chi connectivity index (χ1) is 11.9. The fraction of sp³-hybridized carbons (Fsp3) is 0.294. The first-order valence-electron chi connectivity index (χ1n) is 8.03. The second-order valence-corrected chi connectivity index (χ2v) is 8.40. The first kappa shape index (κ1) is 17.8. The molecule has 3 N–H and O–H groups in total. The molecule has 3 rings (SSSR count). The van der Waals surface area contributed by atoms with Crippen LogP contribution in [-0.4, -0.2) is 34.1 Å². The number of nitrogens with zero attached hydrogens (tertiary/aromatic N) is 2. The lowest BCUT2D eigenvalue weighted by Crippen LogP contribution is -2.49. The van der Waals surface area contributed by atoms with E-state index in [1.54, 1.807) is 42.5 Å². The third kappa shape index (κ3) is 3.68. The minimum absolute atomic E-state index is 0.0655. The Morgan fingerprint density at radius 2 is 1.96 bits per heavy atom. The Morgan fingerprint density at radius 1 is 1.24 bits per heavy atom. The molecule has 1 atom stereocenters. The lowest BCUT2D eigenvalue weighted by molar-refractivity contribution is 0.485. The Bertz CT molecular complexity index is 845. The molecule has 0 amide bonds. The average Bonchev–Trinajstić information content (AvgIpc) is 2.61. The highest BCUT2D eigenvalue weighted by Crippen LogP contribution is 2.31. The summed E-state index contributed by atoms with van der Waals surface area (Å²) in [6.45, 7) is 4.62. The number of para-hydroxylation sites is 1. The van der Waals surface area contributed by atoms with E-state index in [0.29, 0.717) is 17.4 Å². The van der Waals surface area contributed by atoms with Crippen LogP contribution in [-0.2, 0) is 10.0 Å². The Labute approximate surface area is 153 Å². The van der Waals surface area contributed by atoms with Gasteiger partial charge in [-0.25, -0.2) is 0 Å². The van der Waals surface area contributed by atoms with Crippen LogP contribution < -0.4 is 19.8 Å². The van der Waals surface area contributed by atoms with Crippen molar-refractivity contribution in [3.05, 3.63) is 48.5 Å². The van der Waals surface area contributed by atoms with Crippen molar-refractivity contribution in [2.75, 3.05) is 34.1 Å². The van der Waals surface area contributed by atoms with Gasteiger partial charge in [-0.2, -0.15) is 12.2 Å². The smallest absolute Gasteiger partial charge is 0.278 e. The van der Waals surface area contributed by atoms with Crippen LogP contribution in [0.5, 0.6) is 0 Å². The Kier molecular flexibility index (Phi) is 5.08. The van der Waals surface area contributed by atoms with Crippen molar-refractivity contribution in [3.8, 4) is 0 Å². The van der Waals surface area contributed by atoms with Crippen LogP contribution in [0.3, 0.4) is 0 Å². The molecular formula is C17H21ClN4O2S. The van der Waals surface area contributed by atoms with E-state index in [4.69, 9.17) is 17.5 Å². The van der Waals surface area contributed by atoms with Gasteiger partial charge in [-0.1, -0.05) is 18.2 Å². The summed E-state index contributed by atoms with van der Waals surface area (Å²) in [4.78, 5) is 2.22. The van der Waals surface area contributed by atoms with Gasteiger partial charge in [-0.15, -0.1) is 0 Å². The summed E-state index contributed by atoms with van der Waals surface area (Å²) in [7, 11) is -3.88. The maximum atomic E-state index is 12.7. The van der Waals surface area contributed by atoms with Gasteiger partial charge in [0.1, 0.15) is 0 Å². The SMILES string of the molecule is CC1CN(c2ccc(S(=O)(=O)N(Cl)c3ccccc3)cc2N)CCN1. The molecule has 1 aliphatic rings. The fourth-order valence-corrected chi connectivity index (χ4v) is 4.36. The fourth-order valence-electron chi connectivity index (χ4n) is 2.91. The molecule has 0 aliphatic carbocycles. The molecule has 25 heavy (non-hydrogen) atoms. The number of halogens is 1. The zero-order valence-corrected chi connectivity index (χ0v) is 15.5. The molecule has 0 aromatic heterocycles. The number of nitrogens with one attached hydrogen (secondary N) is 1. The minimum atomic E-state index is -3.88. The molecule has 1 aliphatic heterocycles. The first-order valence-corrected chi connectivity index (χ1v) is 9.81. The number of hydrogen-bond acceptors (Lipinski definition) is 5. The summed E-state index contributed by atoms with van der Waals surface area (Å²) in [5, 5.41) is 3.37. The molecule has 8 heteroatoms. The van der Waals surface area contributed by atoms with Crippen molar-refractivity contribution in [2.24, 2.45) is 0 Å². The maximum absolute atomic E-state index is 12.7. The molecule has 0 spiro atoms. The molecule has 1 heterocycles. The van der Waals surface area contributed by atoms with Crippen LogP contribution >= 0.6 is 11.8 Å². The molecule has 1 unspecified atom stereocenters. The van der Waals surface area contributed by atoms with E-state index < -0.39 is 10.0 Å². The predicted octanol–water partition coefficient (Wildman–Crippen LogP) is 2.42. The van der Waals surface area contributed by atoms with Crippen molar-refractivity contribution in [3.63, 3.8) is 0 Å². The number of anilines is 3. The topological polar surface area (TPSA) is 78.7 Å². The molecule has 6 nitrogen and oxygen atoms in total. The summed E-state index contributed by atoms with van der Waals surface area (Å²) in [5.74, 6) is 0. The Balaban J connectivity index is 1.89. The molecule has 134 valence electrons. The molecule has 1 saturated heterocycles. The summed E-state index contributed by atoms with van der Waals surface area (Å²) < 4.78 is 26.2. The van der Waals surface area contributed by atoms with Gasteiger partial charge in [0.05, 0.1) is 22.0 Å². The number of nitrogens with two attached hydrogens (primary N) is 1. The highest BCUT2D eigenvalue weighted by molar-refractivity contribution is 7.94. The maximum Gasteiger partial charge on any atom is 0.278 e. The summed E-state index contributed by atoms with van der Waals surface area (Å²) in [5.41, 5.74) is 7.79. The van der Waals surface area contributed by atoms with E-state index >= 15 is 0 Å². The zero-order chi connectivity index (χ0) is 18.0. The number of rotatable bonds is 4. The van der Waals surface area contributed by atoms with Gasteiger partial charge in [0.15, 0.2) is 0 Å². The quantitative estimate of drug-likeness (QED) is 0.629. The third-order valence-corrected chi connectivity index (χ3v) is 6.40. The number of hydrogen-bond donors (Lipinski definition) is 2. The van der Waals surface area contributed by atoms with Crippen LogP contribution in [0, 0.1) is 0 Å². The van der Waals surface area contributed by atoms with Crippen molar-refractivity contribution < 1.29 is 8.42 Å². The third-order valence-electron chi connectivity index (χ3n) is 4.18. The largest absolute Gasteiger partial charge is 0.397 e. The molecule has 2 aromatic rings. The van der Waals surface area contributed by atoms with Crippen molar-refractivity contribution in [1.82, 2.24) is 5.32 Å². The summed E-state index contributed by atoms with van der Waals surface area (Å²) in [6.07, 6.45) is 0. The second kappa shape index (κ2) is 7.11. The highest BCUT2D eigenvalue weighted by atomic mass is 35.5. The zero-order valence-electron chi connectivity index (χ0n) is 13.9. The molecule has 1 fully saturated rings. The lowest BCUT2D eigenvalue weighted by Gasteiger charge is -2.34. The number of benzene rings is 2. The second-order valence-electron chi connectivity index (χ2n) is 6.08. The average molecular weight is 381 g/mol. The molecule has 0 radical (unpaired) electrons. The van der Waals surface area contributed by atoms with E-state index in [-0.39, 0.29) is 4.90 Å². The van der Waals surface area contributed by atoms with E-state index in [9.17, 15) is 8.42 Å². The van der Waals surface area contributed by atoms with Crippen molar-refractivity contribution in [2.45, 2.75) is 17.9 Å². The molecular weight excluding hydrogens is 360 g/mol. The van der Waals surface area contributed by atoms with Gasteiger partial charge in [0.2, 0.25) is 0 Å². The van der Waals surface area contributed by atoms with Gasteiger partial charge in [-0.3, -0.25) is 0 Å². The van der Waals surface area contributed by atoms with Crippen molar-refractivity contribution in [1.29, 1.82) is 0 Å². The molecule has 0 saturated carbocycles. The Morgan fingerprint density at radius 3 is 2.60 bits per heavy atom. The van der Waals surface area contributed by atoms with Gasteiger partial charge >= 0.3 is 0 Å². The normalized spacial score (nSPS) is 18.2. The molecule has 2 aromatic carbocycles. The number of piperazine rings is 1. The monoisotopic (exact) mass is 380 g/mol. The molecule has 0 bridgehead atoms. The van der Waals surface area contributed by atoms with Crippen LogP contribution in [0.25, 0.3) is 0 Å². The predicted molar refractivity (Wildman–Crippen MR) is 102 cm³/mol. The van der Waals surface area contributed by atoms with Crippen LogP contribution in [0.15, 0.2) is 53.4 Å². The van der Waals surface area contributed by atoms with Gasteiger partial charge in [-0.05, 0) is 37.3 Å². The van der Waals surface area contributed by atoms with Crippen LogP contribution in [0.1, 0.15) is 6.92 Å². The Hall–Kier alpha value is -1.96. The minimum Gasteiger partial charge on any atom is -0.397 e. The van der Waals surface area contributed by atoms with Gasteiger partial charge in [0, 0.05) is 37.5 Å². The van der Waals surface area contributed by atoms with Gasteiger partial charge < -0.3 is 16.0 Å². The van der Waals surface area contributed by atoms with Crippen LogP contribution in [0.2, 0.25) is 0 Å². The summed E-state index contributed by atoms with van der Waals surface area (Å²) >= 11 is 6.08. The van der Waals surface area contributed by atoms with E-state index in [0.717, 1.165) is 29.1 Å². The van der Waals surface area contributed by atoms with E-state index in [1.807, 2.05) is 0 Å². The highest BCUT2D eigenvalue weighted by Gasteiger charge is 2.25. The van der Waals surface area contributed by atoms with E-state index in [2.05, 4.69) is 17.1 Å². The van der Waals surface area contributed by atoms with E-state index in [1.165, 1.54) is 6.07 Å². The summed E-state index contributed by atoms with van der Waals surface area (Å²) in [6, 6.07) is 13.6.